The molecule has 0 atom stereocenters. The third kappa shape index (κ3) is 2.47. The van der Waals surface area contributed by atoms with Crippen LogP contribution in [0, 0.1) is 11.3 Å². The van der Waals surface area contributed by atoms with E-state index in [1.807, 2.05) is 0 Å². The van der Waals surface area contributed by atoms with E-state index in [0.29, 0.717) is 11.8 Å². The van der Waals surface area contributed by atoms with Crippen LogP contribution in [0.4, 0.5) is 0 Å². The molecule has 0 aliphatic heterocycles. The molecule has 1 saturated carbocycles. The van der Waals surface area contributed by atoms with Gasteiger partial charge in [0.1, 0.15) is 0 Å². The molecule has 2 aromatic rings. The summed E-state index contributed by atoms with van der Waals surface area (Å²) in [5.41, 5.74) is 5.65. The number of nitrogens with zero attached hydrogens (tertiary/aromatic N) is 1. The summed E-state index contributed by atoms with van der Waals surface area (Å²) in [4.78, 5) is 0. The average Bonchev–Trinajstić information content (AvgIpc) is 3.31. The van der Waals surface area contributed by atoms with E-state index in [1.165, 1.54) is 24.0 Å². The molecule has 3 rings (SSSR count). The van der Waals surface area contributed by atoms with Gasteiger partial charge in [-0.3, -0.25) is 0 Å². The van der Waals surface area contributed by atoms with Crippen LogP contribution >= 0.6 is 0 Å². The van der Waals surface area contributed by atoms with Crippen LogP contribution in [0.2, 0.25) is 0 Å². The summed E-state index contributed by atoms with van der Waals surface area (Å²) in [6.07, 6.45) is 2.54. The lowest BCUT2D eigenvalue weighted by molar-refractivity contribution is 0.867. The molecule has 0 heterocycles. The fourth-order valence-electron chi connectivity index (χ4n) is 2.64. The Morgan fingerprint density at radius 2 is 1.90 bits per heavy atom. The summed E-state index contributed by atoms with van der Waals surface area (Å²) in [6, 6.07) is 17.3. The Hall–Kier alpha value is -2.07. The normalized spacial score (nSPS) is 14.3. The van der Waals surface area contributed by atoms with Gasteiger partial charge in [0, 0.05) is 0 Å². The number of hydrogen-bond donors (Lipinski definition) is 0. The summed E-state index contributed by atoms with van der Waals surface area (Å²) < 4.78 is 0. The van der Waals surface area contributed by atoms with Crippen LogP contribution in [0.5, 0.6) is 0 Å². The molecule has 0 radical (unpaired) electrons. The Bertz CT molecular complexity index is 672. The summed E-state index contributed by atoms with van der Waals surface area (Å²) in [6.45, 7) is 4.39. The zero-order valence-electron chi connectivity index (χ0n) is 12.1. The minimum atomic E-state index is 0.506. The molecule has 0 spiro atoms. The lowest BCUT2D eigenvalue weighted by Crippen LogP contribution is -1.91. The van der Waals surface area contributed by atoms with Gasteiger partial charge in [-0.1, -0.05) is 50.2 Å². The van der Waals surface area contributed by atoms with Crippen LogP contribution in [0.15, 0.2) is 42.5 Å². The minimum Gasteiger partial charge on any atom is -0.192 e. The first kappa shape index (κ1) is 12.9. The average molecular weight is 261 g/mol. The van der Waals surface area contributed by atoms with E-state index in [1.54, 1.807) is 0 Å². The molecule has 0 unspecified atom stereocenters. The molecule has 20 heavy (non-hydrogen) atoms. The highest BCUT2D eigenvalue weighted by Crippen LogP contribution is 2.41. The molecule has 0 aromatic heterocycles. The highest BCUT2D eigenvalue weighted by Gasteiger charge is 2.24. The van der Waals surface area contributed by atoms with E-state index < -0.39 is 0 Å². The summed E-state index contributed by atoms with van der Waals surface area (Å²) in [5, 5.41) is 9.43. The van der Waals surface area contributed by atoms with Crippen LogP contribution in [0.3, 0.4) is 0 Å². The Kier molecular flexibility index (Phi) is 3.32. The van der Waals surface area contributed by atoms with Crippen molar-refractivity contribution in [2.75, 3.05) is 0 Å². The van der Waals surface area contributed by atoms with Crippen LogP contribution in [-0.4, -0.2) is 0 Å². The van der Waals surface area contributed by atoms with Crippen molar-refractivity contribution in [2.24, 2.45) is 0 Å². The molecule has 0 N–H and O–H groups in total. The minimum absolute atomic E-state index is 0.506. The molecule has 1 aliphatic carbocycles. The van der Waals surface area contributed by atoms with Gasteiger partial charge in [-0.15, -0.1) is 0 Å². The number of rotatable bonds is 3. The summed E-state index contributed by atoms with van der Waals surface area (Å²) in [5.74, 6) is 1.20. The first-order chi connectivity index (χ1) is 9.69. The molecule has 100 valence electrons. The number of benzene rings is 2. The molecule has 1 fully saturated rings. The van der Waals surface area contributed by atoms with Crippen LogP contribution < -0.4 is 0 Å². The topological polar surface area (TPSA) is 23.8 Å². The molecular formula is C19H19N. The number of nitriles is 1. The van der Waals surface area contributed by atoms with E-state index in [0.717, 1.165) is 16.7 Å². The maximum atomic E-state index is 9.43. The highest BCUT2D eigenvalue weighted by molar-refractivity contribution is 5.71. The fraction of sp³-hybridized carbons (Fsp3) is 0.316. The zero-order chi connectivity index (χ0) is 14.1. The maximum Gasteiger partial charge on any atom is 0.0998 e. The van der Waals surface area contributed by atoms with Crippen molar-refractivity contribution in [3.8, 4) is 17.2 Å². The second-order valence-electron chi connectivity index (χ2n) is 5.97. The predicted octanol–water partition coefficient (Wildman–Crippen LogP) is 5.23. The molecule has 1 aliphatic rings. The lowest BCUT2D eigenvalue weighted by Gasteiger charge is -2.10. The molecule has 1 nitrogen and oxygen atoms in total. The van der Waals surface area contributed by atoms with Crippen molar-refractivity contribution in [1.29, 1.82) is 5.26 Å². The van der Waals surface area contributed by atoms with Gasteiger partial charge in [0.15, 0.2) is 0 Å². The first-order valence-corrected chi connectivity index (χ1v) is 7.33. The lowest BCUT2D eigenvalue weighted by atomic mass is 9.93. The highest BCUT2D eigenvalue weighted by atomic mass is 14.3. The molecule has 2 aromatic carbocycles. The van der Waals surface area contributed by atoms with Gasteiger partial charge in [-0.05, 0) is 53.0 Å². The van der Waals surface area contributed by atoms with Gasteiger partial charge in [0.25, 0.3) is 0 Å². The van der Waals surface area contributed by atoms with Gasteiger partial charge in [-0.25, -0.2) is 0 Å². The van der Waals surface area contributed by atoms with Crippen molar-refractivity contribution >= 4 is 0 Å². The van der Waals surface area contributed by atoms with E-state index in [9.17, 15) is 5.26 Å². The second-order valence-corrected chi connectivity index (χ2v) is 5.97. The van der Waals surface area contributed by atoms with E-state index in [2.05, 4.69) is 62.4 Å². The Labute approximate surface area is 120 Å². The molecule has 0 saturated heterocycles. The fourth-order valence-corrected chi connectivity index (χ4v) is 2.64. The van der Waals surface area contributed by atoms with E-state index in [-0.39, 0.29) is 0 Å². The molecule has 0 amide bonds. The SMILES string of the molecule is CC(C)c1cccc(-c2ccc(C3CC3)cc2C#N)c1. The Morgan fingerprint density at radius 3 is 2.55 bits per heavy atom. The summed E-state index contributed by atoms with van der Waals surface area (Å²) >= 11 is 0. The predicted molar refractivity (Wildman–Crippen MR) is 82.7 cm³/mol. The second kappa shape index (κ2) is 5.13. The third-order valence-electron chi connectivity index (χ3n) is 4.08. The number of hydrogen-bond acceptors (Lipinski definition) is 1. The Balaban J connectivity index is 2.05. The third-order valence-corrected chi connectivity index (χ3v) is 4.08. The summed E-state index contributed by atoms with van der Waals surface area (Å²) in [7, 11) is 0. The first-order valence-electron chi connectivity index (χ1n) is 7.33. The van der Waals surface area contributed by atoms with Gasteiger partial charge in [0.2, 0.25) is 0 Å². The zero-order valence-corrected chi connectivity index (χ0v) is 12.1. The van der Waals surface area contributed by atoms with Crippen LogP contribution in [0.25, 0.3) is 11.1 Å². The van der Waals surface area contributed by atoms with Gasteiger partial charge < -0.3 is 0 Å². The Morgan fingerprint density at radius 1 is 1.10 bits per heavy atom. The van der Waals surface area contributed by atoms with Crippen molar-refractivity contribution in [2.45, 2.75) is 38.5 Å². The monoisotopic (exact) mass is 261 g/mol. The van der Waals surface area contributed by atoms with Crippen molar-refractivity contribution < 1.29 is 0 Å². The maximum absolute atomic E-state index is 9.43. The van der Waals surface area contributed by atoms with E-state index in [4.69, 9.17) is 0 Å². The molecular weight excluding hydrogens is 242 g/mol. The van der Waals surface area contributed by atoms with Gasteiger partial charge in [0.05, 0.1) is 11.6 Å². The molecule has 0 bridgehead atoms. The van der Waals surface area contributed by atoms with Gasteiger partial charge >= 0.3 is 0 Å². The van der Waals surface area contributed by atoms with Crippen molar-refractivity contribution in [3.63, 3.8) is 0 Å². The van der Waals surface area contributed by atoms with Crippen LogP contribution in [0.1, 0.15) is 55.2 Å². The quantitative estimate of drug-likeness (QED) is 0.742. The molecule has 1 heteroatoms. The standard InChI is InChI=1S/C19H19N/c1-13(2)15-4-3-5-17(10-15)19-9-8-16(14-6-7-14)11-18(19)12-20/h3-5,8-11,13-14H,6-7H2,1-2H3. The smallest absolute Gasteiger partial charge is 0.0998 e. The van der Waals surface area contributed by atoms with E-state index >= 15 is 0 Å². The van der Waals surface area contributed by atoms with Gasteiger partial charge in [-0.2, -0.15) is 5.26 Å². The largest absolute Gasteiger partial charge is 0.192 e. The van der Waals surface area contributed by atoms with Crippen molar-refractivity contribution in [3.05, 3.63) is 59.2 Å². The van der Waals surface area contributed by atoms with Crippen LogP contribution in [-0.2, 0) is 0 Å². The van der Waals surface area contributed by atoms with Crippen molar-refractivity contribution in [1.82, 2.24) is 0 Å².